The van der Waals surface area contributed by atoms with Gasteiger partial charge in [0.05, 0.1) is 5.56 Å². The third kappa shape index (κ3) is 4.96. The molecule has 2 heterocycles. The molecule has 0 fully saturated rings. The smallest absolute Gasteiger partial charge is 0.419 e. The fraction of sp³-hybridized carbons (Fsp3) is 0.333. The van der Waals surface area contributed by atoms with Crippen molar-refractivity contribution in [2.75, 3.05) is 32.2 Å². The monoisotopic (exact) mass is 395 g/mol. The topological polar surface area (TPSA) is 79.8 Å². The van der Waals surface area contributed by atoms with Gasteiger partial charge in [-0.2, -0.15) is 13.2 Å². The largest absolute Gasteiger partial charge is 0.454 e. The van der Waals surface area contributed by atoms with Crippen LogP contribution in [0.1, 0.15) is 11.1 Å². The number of guanidine groups is 1. The van der Waals surface area contributed by atoms with Crippen LogP contribution in [0, 0.1) is 0 Å². The fourth-order valence-electron chi connectivity index (χ4n) is 2.59. The van der Waals surface area contributed by atoms with E-state index in [1.807, 2.05) is 18.2 Å². The lowest BCUT2D eigenvalue weighted by molar-refractivity contribution is -0.137. The van der Waals surface area contributed by atoms with E-state index in [9.17, 15) is 13.2 Å². The third-order valence-electron chi connectivity index (χ3n) is 3.94. The minimum Gasteiger partial charge on any atom is -0.454 e. The molecular weight excluding hydrogens is 375 g/mol. The summed E-state index contributed by atoms with van der Waals surface area (Å²) < 4.78 is 49.4. The van der Waals surface area contributed by atoms with Crippen molar-refractivity contribution in [1.29, 1.82) is 0 Å². The number of nitrogens with one attached hydrogen (secondary N) is 3. The summed E-state index contributed by atoms with van der Waals surface area (Å²) in [6.45, 7) is 1.32. The zero-order valence-corrected chi connectivity index (χ0v) is 15.1. The highest BCUT2D eigenvalue weighted by atomic mass is 19.4. The Hall–Kier alpha value is -3.17. The molecule has 2 aromatic rings. The number of ether oxygens (including phenoxy) is 2. The van der Waals surface area contributed by atoms with Crippen molar-refractivity contribution in [3.05, 3.63) is 47.7 Å². The van der Waals surface area contributed by atoms with E-state index in [2.05, 4.69) is 25.9 Å². The number of anilines is 1. The summed E-state index contributed by atoms with van der Waals surface area (Å²) in [5.74, 6) is 1.74. The van der Waals surface area contributed by atoms with Gasteiger partial charge in [-0.3, -0.25) is 4.99 Å². The van der Waals surface area contributed by atoms with Crippen LogP contribution in [0.3, 0.4) is 0 Å². The maximum atomic E-state index is 12.9. The molecule has 0 radical (unpaired) electrons. The van der Waals surface area contributed by atoms with Crippen molar-refractivity contribution in [1.82, 2.24) is 15.6 Å². The number of fused-ring (bicyclic) bond motifs is 1. The predicted molar refractivity (Wildman–Crippen MR) is 98.5 cm³/mol. The van der Waals surface area contributed by atoms with Crippen LogP contribution in [0.15, 0.2) is 41.5 Å². The van der Waals surface area contributed by atoms with Crippen molar-refractivity contribution in [3.8, 4) is 11.5 Å². The van der Waals surface area contributed by atoms with E-state index in [0.29, 0.717) is 30.5 Å². The zero-order valence-electron chi connectivity index (χ0n) is 15.1. The van der Waals surface area contributed by atoms with E-state index in [4.69, 9.17) is 9.47 Å². The van der Waals surface area contributed by atoms with E-state index in [-0.39, 0.29) is 19.2 Å². The maximum Gasteiger partial charge on any atom is 0.419 e. The first-order valence-corrected chi connectivity index (χ1v) is 8.56. The Morgan fingerprint density at radius 1 is 1.14 bits per heavy atom. The van der Waals surface area contributed by atoms with Crippen molar-refractivity contribution in [3.63, 3.8) is 0 Å². The minimum atomic E-state index is -4.45. The lowest BCUT2D eigenvalue weighted by Gasteiger charge is -2.15. The Bertz CT molecular complexity index is 842. The molecule has 150 valence electrons. The summed E-state index contributed by atoms with van der Waals surface area (Å²) in [7, 11) is 1.61. The Balaban J connectivity index is 1.45. The zero-order chi connectivity index (χ0) is 20.0. The highest BCUT2D eigenvalue weighted by Gasteiger charge is 2.33. The first-order valence-electron chi connectivity index (χ1n) is 8.56. The van der Waals surface area contributed by atoms with E-state index < -0.39 is 11.7 Å². The van der Waals surface area contributed by atoms with Gasteiger partial charge >= 0.3 is 6.18 Å². The van der Waals surface area contributed by atoms with Crippen LogP contribution in [0.25, 0.3) is 0 Å². The Morgan fingerprint density at radius 2 is 1.96 bits per heavy atom. The van der Waals surface area contributed by atoms with Gasteiger partial charge in [0.2, 0.25) is 6.79 Å². The number of rotatable bonds is 6. The van der Waals surface area contributed by atoms with E-state index in [1.165, 1.54) is 12.3 Å². The average molecular weight is 395 g/mol. The Morgan fingerprint density at radius 3 is 2.75 bits per heavy atom. The number of benzene rings is 1. The number of halogens is 3. The van der Waals surface area contributed by atoms with Crippen LogP contribution >= 0.6 is 0 Å². The fourth-order valence-corrected chi connectivity index (χ4v) is 2.59. The number of hydrogen-bond acceptors (Lipinski definition) is 5. The summed E-state index contributed by atoms with van der Waals surface area (Å²) in [5, 5.41) is 8.86. The van der Waals surface area contributed by atoms with Crippen LogP contribution in [0.5, 0.6) is 11.5 Å². The molecule has 0 unspecified atom stereocenters. The second kappa shape index (κ2) is 8.68. The molecule has 0 aliphatic carbocycles. The molecule has 0 bridgehead atoms. The molecule has 0 atom stereocenters. The summed E-state index contributed by atoms with van der Waals surface area (Å²) in [5.41, 5.74) is 0.189. The number of pyridine rings is 1. The van der Waals surface area contributed by atoms with Crippen LogP contribution in [-0.4, -0.2) is 37.9 Å². The van der Waals surface area contributed by atoms with E-state index >= 15 is 0 Å². The molecule has 1 aromatic heterocycles. The highest BCUT2D eigenvalue weighted by Crippen LogP contribution is 2.33. The van der Waals surface area contributed by atoms with Crippen molar-refractivity contribution in [2.45, 2.75) is 12.7 Å². The molecule has 10 heteroatoms. The molecule has 1 aliphatic rings. The first-order chi connectivity index (χ1) is 13.5. The van der Waals surface area contributed by atoms with Gasteiger partial charge in [0.1, 0.15) is 5.82 Å². The van der Waals surface area contributed by atoms with Gasteiger partial charge in [-0.1, -0.05) is 6.07 Å². The number of hydrogen-bond donors (Lipinski definition) is 3. The molecule has 3 N–H and O–H groups in total. The normalized spacial score (nSPS) is 13.4. The molecule has 0 saturated heterocycles. The number of alkyl halides is 3. The number of aliphatic imine (C=N–C) groups is 1. The summed E-state index contributed by atoms with van der Waals surface area (Å²) in [4.78, 5) is 7.85. The second-order valence-corrected chi connectivity index (χ2v) is 5.86. The molecule has 3 rings (SSSR count). The quantitative estimate of drug-likeness (QED) is 0.396. The van der Waals surface area contributed by atoms with E-state index in [1.54, 1.807) is 7.05 Å². The molecule has 28 heavy (non-hydrogen) atoms. The minimum absolute atomic E-state index is 0.194. The molecule has 1 aromatic carbocycles. The van der Waals surface area contributed by atoms with Gasteiger partial charge in [0.25, 0.3) is 0 Å². The first kappa shape index (κ1) is 19.6. The van der Waals surface area contributed by atoms with Crippen LogP contribution in [0.2, 0.25) is 0 Å². The van der Waals surface area contributed by atoms with Crippen molar-refractivity contribution in [2.24, 2.45) is 4.99 Å². The number of nitrogens with zero attached hydrogens (tertiary/aromatic N) is 2. The molecule has 7 nitrogen and oxygen atoms in total. The van der Waals surface area contributed by atoms with Gasteiger partial charge in [0, 0.05) is 32.9 Å². The van der Waals surface area contributed by atoms with E-state index in [0.717, 1.165) is 11.6 Å². The lowest BCUT2D eigenvalue weighted by atomic mass is 10.2. The van der Waals surface area contributed by atoms with Crippen molar-refractivity contribution < 1.29 is 22.6 Å². The Kier molecular flexibility index (Phi) is 6.07. The lowest BCUT2D eigenvalue weighted by Crippen LogP contribution is -2.39. The van der Waals surface area contributed by atoms with Gasteiger partial charge in [-0.15, -0.1) is 0 Å². The van der Waals surface area contributed by atoms with Crippen LogP contribution in [0.4, 0.5) is 19.0 Å². The van der Waals surface area contributed by atoms with Crippen LogP contribution in [-0.2, 0) is 12.7 Å². The van der Waals surface area contributed by atoms with Crippen molar-refractivity contribution >= 4 is 11.8 Å². The molecular formula is C18H20F3N5O2. The SMILES string of the molecule is CN=C(NCCNc1ncccc1C(F)(F)F)NCc1ccc2c(c1)OCO2. The van der Waals surface area contributed by atoms with Gasteiger partial charge < -0.3 is 25.4 Å². The standard InChI is InChI=1S/C18H20F3N5O2/c1-22-17(26-10-12-4-5-14-15(9-12)28-11-27-14)25-8-7-24-16-13(18(19,20)21)3-2-6-23-16/h2-6,9H,7-8,10-11H2,1H3,(H,23,24)(H2,22,25,26). The summed E-state index contributed by atoms with van der Waals surface area (Å²) in [6.07, 6.45) is -3.14. The highest BCUT2D eigenvalue weighted by molar-refractivity contribution is 5.79. The third-order valence-corrected chi connectivity index (χ3v) is 3.94. The average Bonchev–Trinajstić information content (AvgIpc) is 3.15. The molecule has 0 amide bonds. The molecule has 1 aliphatic heterocycles. The van der Waals surface area contributed by atoms with Gasteiger partial charge in [-0.25, -0.2) is 4.98 Å². The van der Waals surface area contributed by atoms with Gasteiger partial charge in [-0.05, 0) is 29.8 Å². The maximum absolute atomic E-state index is 12.9. The molecule has 0 spiro atoms. The summed E-state index contributed by atoms with van der Waals surface area (Å²) in [6, 6.07) is 7.88. The predicted octanol–water partition coefficient (Wildman–Crippen LogP) is 2.61. The molecule has 0 saturated carbocycles. The Labute approximate surface area is 160 Å². The number of aromatic nitrogens is 1. The second-order valence-electron chi connectivity index (χ2n) is 5.86. The summed E-state index contributed by atoms with van der Waals surface area (Å²) >= 11 is 0. The van der Waals surface area contributed by atoms with Crippen LogP contribution < -0.4 is 25.4 Å². The van der Waals surface area contributed by atoms with Gasteiger partial charge in [0.15, 0.2) is 17.5 Å².